The molecule has 2 aromatic rings. The van der Waals surface area contributed by atoms with Gasteiger partial charge in [0.05, 0.1) is 34.4 Å². The van der Waals surface area contributed by atoms with Crippen molar-refractivity contribution >= 4 is 23.2 Å². The van der Waals surface area contributed by atoms with E-state index in [4.69, 9.17) is 21.7 Å². The Morgan fingerprint density at radius 3 is 2.77 bits per heavy atom. The summed E-state index contributed by atoms with van der Waals surface area (Å²) < 4.78 is 19.7. The number of carbonyl (C=O) groups excluding carboxylic acids is 1. The van der Waals surface area contributed by atoms with Gasteiger partial charge in [-0.25, -0.2) is 14.4 Å². The number of ether oxygens (including phenoxy) is 1. The highest BCUT2D eigenvalue weighted by Gasteiger charge is 2.35. The molecule has 0 aliphatic carbocycles. The molecule has 2 unspecified atom stereocenters. The Bertz CT molecular complexity index is 1000. The van der Waals surface area contributed by atoms with E-state index in [2.05, 4.69) is 15.3 Å². The minimum absolute atomic E-state index is 0.161. The van der Waals surface area contributed by atoms with Crippen LogP contribution < -0.4 is 10.1 Å². The summed E-state index contributed by atoms with van der Waals surface area (Å²) in [5, 5.41) is 12.2. The Kier molecular flexibility index (Phi) is 6.20. The summed E-state index contributed by atoms with van der Waals surface area (Å²) >= 11 is 6.17. The second-order valence-electron chi connectivity index (χ2n) is 8.07. The molecular formula is C22H25ClFN5O2. The lowest BCUT2D eigenvalue weighted by Crippen LogP contribution is -2.31. The molecule has 2 N–H and O–H groups in total. The lowest BCUT2D eigenvalue weighted by Gasteiger charge is -2.19. The number of aromatic nitrogens is 2. The molecular weight excluding hydrogens is 421 g/mol. The first-order valence-corrected chi connectivity index (χ1v) is 10.7. The first-order chi connectivity index (χ1) is 14.8. The van der Waals surface area contributed by atoms with Gasteiger partial charge in [-0.1, -0.05) is 11.6 Å². The Balaban J connectivity index is 1.53. The number of likely N-dealkylation sites (tertiary alicyclic amines) is 1. The highest BCUT2D eigenvalue weighted by atomic mass is 35.5. The summed E-state index contributed by atoms with van der Waals surface area (Å²) in [7, 11) is 0. The highest BCUT2D eigenvalue weighted by Crippen LogP contribution is 2.29. The Labute approximate surface area is 185 Å². The number of hydrogen-bond acceptors (Lipinski definition) is 6. The number of benzene rings is 1. The van der Waals surface area contributed by atoms with Crippen LogP contribution in [0.4, 0.5) is 4.39 Å². The summed E-state index contributed by atoms with van der Waals surface area (Å²) in [5.41, 5.74) is 1.94. The molecule has 3 heterocycles. The van der Waals surface area contributed by atoms with E-state index in [1.54, 1.807) is 18.7 Å². The molecule has 31 heavy (non-hydrogen) atoms. The number of nitrogens with one attached hydrogen (secondary N) is 2. The topological polar surface area (TPSA) is 91.2 Å². The standard InChI is InChI=1S/C22H25ClFN5O2/c1-12-20(23)13(2)28-21(27-12)17-9-29(10-18(17)25)22(30)16-6-5-14(24)8-19(16)31-11-15-4-3-7-26-15/h5-6,8,15,17,25-26H,3-4,7,9-11H2,1-2H3. The number of hydrogen-bond donors (Lipinski definition) is 2. The second-order valence-corrected chi connectivity index (χ2v) is 8.45. The average Bonchev–Trinajstić information content (AvgIpc) is 3.39. The minimum atomic E-state index is -0.460. The van der Waals surface area contributed by atoms with Gasteiger partial charge in [-0.15, -0.1) is 0 Å². The predicted octanol–water partition coefficient (Wildman–Crippen LogP) is 3.28. The maximum Gasteiger partial charge on any atom is 0.257 e. The van der Waals surface area contributed by atoms with Gasteiger partial charge < -0.3 is 20.4 Å². The molecule has 1 amide bonds. The van der Waals surface area contributed by atoms with Crippen LogP contribution in [-0.2, 0) is 0 Å². The fourth-order valence-electron chi connectivity index (χ4n) is 4.04. The van der Waals surface area contributed by atoms with Gasteiger partial charge in [0.2, 0.25) is 0 Å². The van der Waals surface area contributed by atoms with Crippen LogP contribution in [0.25, 0.3) is 0 Å². The number of nitrogens with zero attached hydrogens (tertiary/aromatic N) is 3. The average molecular weight is 446 g/mol. The molecule has 164 valence electrons. The van der Waals surface area contributed by atoms with E-state index < -0.39 is 11.7 Å². The molecule has 1 aromatic heterocycles. The van der Waals surface area contributed by atoms with Crippen molar-refractivity contribution in [2.24, 2.45) is 0 Å². The third-order valence-electron chi connectivity index (χ3n) is 5.76. The molecule has 0 bridgehead atoms. The zero-order valence-electron chi connectivity index (χ0n) is 17.5. The van der Waals surface area contributed by atoms with Gasteiger partial charge in [-0.2, -0.15) is 0 Å². The number of aryl methyl sites for hydroxylation is 2. The van der Waals surface area contributed by atoms with Crippen LogP contribution >= 0.6 is 11.6 Å². The molecule has 0 spiro atoms. The van der Waals surface area contributed by atoms with Crippen LogP contribution in [0.3, 0.4) is 0 Å². The van der Waals surface area contributed by atoms with Crippen LogP contribution in [0.5, 0.6) is 5.75 Å². The zero-order valence-corrected chi connectivity index (χ0v) is 18.3. The van der Waals surface area contributed by atoms with Gasteiger partial charge >= 0.3 is 0 Å². The van der Waals surface area contributed by atoms with Gasteiger partial charge in [-0.05, 0) is 45.4 Å². The molecule has 2 aliphatic rings. The Hall–Kier alpha value is -2.58. The van der Waals surface area contributed by atoms with Crippen molar-refractivity contribution in [2.75, 3.05) is 26.2 Å². The minimum Gasteiger partial charge on any atom is -0.491 e. The first-order valence-electron chi connectivity index (χ1n) is 10.4. The van der Waals surface area contributed by atoms with E-state index in [-0.39, 0.29) is 36.4 Å². The maximum absolute atomic E-state index is 13.9. The third-order valence-corrected chi connectivity index (χ3v) is 6.31. The SMILES string of the molecule is Cc1nc(C2CN(C(=O)c3ccc(F)cc3OCC3CCCN3)CC2=N)nc(C)c1Cl. The molecule has 0 radical (unpaired) electrons. The quantitative estimate of drug-likeness (QED) is 0.737. The van der Waals surface area contributed by atoms with Crippen LogP contribution in [0, 0.1) is 25.1 Å². The van der Waals surface area contributed by atoms with Gasteiger partial charge in [-0.3, -0.25) is 4.79 Å². The summed E-state index contributed by atoms with van der Waals surface area (Å²) in [6, 6.07) is 4.14. The number of rotatable bonds is 5. The molecule has 4 rings (SSSR count). The fourth-order valence-corrected chi connectivity index (χ4v) is 4.12. The Morgan fingerprint density at radius 1 is 1.35 bits per heavy atom. The predicted molar refractivity (Wildman–Crippen MR) is 116 cm³/mol. The fraction of sp³-hybridized carbons (Fsp3) is 0.455. The number of halogens is 2. The summed E-state index contributed by atoms with van der Waals surface area (Å²) in [6.45, 7) is 5.34. The largest absolute Gasteiger partial charge is 0.491 e. The van der Waals surface area contributed by atoms with Crippen LogP contribution in [-0.4, -0.2) is 58.8 Å². The molecule has 7 nitrogen and oxygen atoms in total. The molecule has 2 aliphatic heterocycles. The van der Waals surface area contributed by atoms with Crippen molar-refractivity contribution in [3.05, 3.63) is 51.8 Å². The normalized spacial score (nSPS) is 21.0. The molecule has 2 fully saturated rings. The van der Waals surface area contributed by atoms with Gasteiger partial charge in [0.15, 0.2) is 0 Å². The van der Waals surface area contributed by atoms with Crippen LogP contribution in [0.2, 0.25) is 5.02 Å². The molecule has 9 heteroatoms. The van der Waals surface area contributed by atoms with Crippen molar-refractivity contribution < 1.29 is 13.9 Å². The highest BCUT2D eigenvalue weighted by molar-refractivity contribution is 6.31. The van der Waals surface area contributed by atoms with Crippen LogP contribution in [0.15, 0.2) is 18.2 Å². The van der Waals surface area contributed by atoms with E-state index in [9.17, 15) is 9.18 Å². The van der Waals surface area contributed by atoms with Crippen molar-refractivity contribution in [3.8, 4) is 5.75 Å². The summed E-state index contributed by atoms with van der Waals surface area (Å²) in [6.07, 6.45) is 2.06. The molecule has 1 aromatic carbocycles. The van der Waals surface area contributed by atoms with E-state index in [0.717, 1.165) is 19.4 Å². The van der Waals surface area contributed by atoms with E-state index in [0.29, 0.717) is 34.6 Å². The van der Waals surface area contributed by atoms with Gasteiger partial charge in [0.1, 0.15) is 24.0 Å². The first kappa shape index (κ1) is 21.6. The van der Waals surface area contributed by atoms with Crippen molar-refractivity contribution in [1.82, 2.24) is 20.2 Å². The third kappa shape index (κ3) is 4.55. The second kappa shape index (κ2) is 8.88. The number of carbonyl (C=O) groups is 1. The van der Waals surface area contributed by atoms with Crippen molar-refractivity contribution in [3.63, 3.8) is 0 Å². The summed E-state index contributed by atoms with van der Waals surface area (Å²) in [4.78, 5) is 23.7. The smallest absolute Gasteiger partial charge is 0.257 e. The molecule has 2 saturated heterocycles. The zero-order chi connectivity index (χ0) is 22.1. The van der Waals surface area contributed by atoms with Crippen molar-refractivity contribution in [1.29, 1.82) is 5.41 Å². The monoisotopic (exact) mass is 445 g/mol. The van der Waals surface area contributed by atoms with Gasteiger partial charge in [0.25, 0.3) is 5.91 Å². The maximum atomic E-state index is 13.9. The van der Waals surface area contributed by atoms with E-state index in [1.165, 1.54) is 18.2 Å². The molecule has 2 atom stereocenters. The van der Waals surface area contributed by atoms with Gasteiger partial charge in [0, 0.05) is 24.4 Å². The van der Waals surface area contributed by atoms with E-state index >= 15 is 0 Å². The van der Waals surface area contributed by atoms with E-state index in [1.807, 2.05) is 0 Å². The lowest BCUT2D eigenvalue weighted by atomic mass is 10.1. The number of amides is 1. The molecule has 0 saturated carbocycles. The lowest BCUT2D eigenvalue weighted by molar-refractivity contribution is 0.0790. The van der Waals surface area contributed by atoms with Crippen molar-refractivity contribution in [2.45, 2.75) is 38.6 Å². The Morgan fingerprint density at radius 2 is 2.10 bits per heavy atom. The summed E-state index contributed by atoms with van der Waals surface area (Å²) in [5.74, 6) is -0.445. The van der Waals surface area contributed by atoms with Crippen LogP contribution in [0.1, 0.15) is 46.3 Å².